The van der Waals surface area contributed by atoms with Crippen molar-refractivity contribution in [2.45, 2.75) is 71.7 Å². The van der Waals surface area contributed by atoms with E-state index in [1.165, 1.54) is 4.90 Å². The van der Waals surface area contributed by atoms with Gasteiger partial charge in [0.2, 0.25) is 0 Å². The minimum atomic E-state index is -1.41. The van der Waals surface area contributed by atoms with Crippen LogP contribution in [0.4, 0.5) is 4.79 Å². The molecule has 0 aliphatic carbocycles. The van der Waals surface area contributed by atoms with E-state index in [4.69, 9.17) is 15.7 Å². The Morgan fingerprint density at radius 1 is 1.08 bits per heavy atom. The number of imide groups is 1. The van der Waals surface area contributed by atoms with Crippen molar-refractivity contribution >= 4 is 23.7 Å². The Hall–Kier alpha value is -3.88. The lowest BCUT2D eigenvalue weighted by Crippen LogP contribution is -2.49. The first-order valence-electron chi connectivity index (χ1n) is 12.3. The van der Waals surface area contributed by atoms with Crippen molar-refractivity contribution < 1.29 is 24.3 Å². The third-order valence-corrected chi connectivity index (χ3v) is 6.33. The van der Waals surface area contributed by atoms with Crippen LogP contribution in [0.15, 0.2) is 59.8 Å². The van der Waals surface area contributed by atoms with Crippen LogP contribution in [-0.4, -0.2) is 50.4 Å². The molecule has 0 aromatic heterocycles. The maximum absolute atomic E-state index is 14.2. The van der Waals surface area contributed by atoms with Crippen molar-refractivity contribution in [2.24, 2.45) is 16.8 Å². The van der Waals surface area contributed by atoms with E-state index in [9.17, 15) is 14.4 Å². The zero-order valence-corrected chi connectivity index (χ0v) is 22.3. The molecule has 3 rings (SSSR count). The highest BCUT2D eigenvalue weighted by Gasteiger charge is 2.58. The van der Waals surface area contributed by atoms with Crippen LogP contribution in [0.3, 0.4) is 0 Å². The second-order valence-corrected chi connectivity index (χ2v) is 10.8. The smallest absolute Gasteiger partial charge is 0.329 e. The molecule has 1 heterocycles. The molecule has 1 unspecified atom stereocenters. The summed E-state index contributed by atoms with van der Waals surface area (Å²) in [6.07, 6.45) is 0.268. The van der Waals surface area contributed by atoms with Gasteiger partial charge in [0, 0.05) is 12.1 Å². The first kappa shape index (κ1) is 27.7. The average molecular weight is 509 g/mol. The molecule has 9 heteroatoms. The minimum absolute atomic E-state index is 0.0209. The monoisotopic (exact) mass is 508 g/mol. The van der Waals surface area contributed by atoms with E-state index < -0.39 is 35.1 Å². The Labute approximate surface area is 217 Å². The minimum Gasteiger partial charge on any atom is -0.458 e. The lowest BCUT2D eigenvalue weighted by Gasteiger charge is -2.32. The van der Waals surface area contributed by atoms with Gasteiger partial charge < -0.3 is 20.6 Å². The van der Waals surface area contributed by atoms with Crippen LogP contribution < -0.4 is 5.73 Å². The van der Waals surface area contributed by atoms with Gasteiger partial charge >= 0.3 is 12.0 Å². The summed E-state index contributed by atoms with van der Waals surface area (Å²) < 4.78 is 5.64. The summed E-state index contributed by atoms with van der Waals surface area (Å²) in [5.41, 5.74) is 5.35. The van der Waals surface area contributed by atoms with Crippen molar-refractivity contribution in [1.82, 2.24) is 9.80 Å². The standard InChI is InChI=1S/C28H36N4O5/c1-18(2)16-22(24(33)37-27(3,4)5)32-25(34)28(6,21-14-12-20(13-15-21)23(29)30-36)31(26(32)35)17-19-10-8-7-9-11-19/h7-15,18,22,36H,16-17H2,1-6H3,(H2,29,30)/t22?,28-/m0/s1. The molecule has 1 fully saturated rings. The molecule has 1 aliphatic heterocycles. The van der Waals surface area contributed by atoms with Crippen LogP contribution in [0.25, 0.3) is 0 Å². The van der Waals surface area contributed by atoms with Crippen LogP contribution in [0.5, 0.6) is 0 Å². The van der Waals surface area contributed by atoms with Crippen molar-refractivity contribution in [3.05, 3.63) is 71.3 Å². The number of urea groups is 1. The number of oxime groups is 1. The first-order chi connectivity index (χ1) is 17.3. The summed E-state index contributed by atoms with van der Waals surface area (Å²) in [4.78, 5) is 44.0. The number of benzene rings is 2. The molecule has 9 nitrogen and oxygen atoms in total. The maximum atomic E-state index is 14.2. The van der Waals surface area contributed by atoms with E-state index >= 15 is 0 Å². The third-order valence-electron chi connectivity index (χ3n) is 6.33. The maximum Gasteiger partial charge on any atom is 0.329 e. The lowest BCUT2D eigenvalue weighted by atomic mass is 9.88. The van der Waals surface area contributed by atoms with E-state index in [0.29, 0.717) is 11.1 Å². The second-order valence-electron chi connectivity index (χ2n) is 10.8. The van der Waals surface area contributed by atoms with Gasteiger partial charge in [-0.3, -0.25) is 4.79 Å². The van der Waals surface area contributed by atoms with E-state index in [2.05, 4.69) is 5.16 Å². The number of rotatable bonds is 8. The number of hydrogen-bond donors (Lipinski definition) is 2. The molecule has 1 aliphatic rings. The van der Waals surface area contributed by atoms with Gasteiger partial charge in [-0.05, 0) is 51.2 Å². The molecule has 3 N–H and O–H groups in total. The molecule has 2 atom stereocenters. The van der Waals surface area contributed by atoms with Crippen LogP contribution >= 0.6 is 0 Å². The predicted octanol–water partition coefficient (Wildman–Crippen LogP) is 4.22. The number of carbonyl (C=O) groups excluding carboxylic acids is 3. The predicted molar refractivity (Wildman–Crippen MR) is 140 cm³/mol. The zero-order chi connectivity index (χ0) is 27.5. The largest absolute Gasteiger partial charge is 0.458 e. The fourth-order valence-electron chi connectivity index (χ4n) is 4.45. The van der Waals surface area contributed by atoms with Crippen LogP contribution in [-0.2, 0) is 26.4 Å². The number of nitrogens with two attached hydrogens (primary N) is 1. The SMILES string of the molecule is CC(C)CC(C(=O)OC(C)(C)C)N1C(=O)N(Cc2ccccc2)[C@@](C)(c2ccc(/C(N)=N/O)cc2)C1=O. The van der Waals surface area contributed by atoms with Gasteiger partial charge in [-0.25, -0.2) is 14.5 Å². The molecule has 2 aromatic rings. The quantitative estimate of drug-likeness (QED) is 0.137. The van der Waals surface area contributed by atoms with Crippen molar-refractivity contribution in [3.8, 4) is 0 Å². The van der Waals surface area contributed by atoms with Gasteiger partial charge in [0.1, 0.15) is 17.2 Å². The van der Waals surface area contributed by atoms with E-state index in [0.717, 1.165) is 10.5 Å². The summed E-state index contributed by atoms with van der Waals surface area (Å²) in [7, 11) is 0. The Kier molecular flexibility index (Phi) is 7.95. The molecular formula is C28H36N4O5. The summed E-state index contributed by atoms with van der Waals surface area (Å²) >= 11 is 0. The molecule has 198 valence electrons. The van der Waals surface area contributed by atoms with Gasteiger partial charge in [0.15, 0.2) is 5.84 Å². The number of nitrogens with zero attached hydrogens (tertiary/aromatic N) is 3. The van der Waals surface area contributed by atoms with Crippen LogP contribution in [0.1, 0.15) is 64.7 Å². The number of hydrogen-bond acceptors (Lipinski definition) is 6. The van der Waals surface area contributed by atoms with E-state index in [1.54, 1.807) is 52.0 Å². The zero-order valence-electron chi connectivity index (χ0n) is 22.3. The average Bonchev–Trinajstić information content (AvgIpc) is 3.02. The lowest BCUT2D eigenvalue weighted by molar-refractivity contribution is -0.163. The molecule has 37 heavy (non-hydrogen) atoms. The number of amides is 3. The summed E-state index contributed by atoms with van der Waals surface area (Å²) in [5.74, 6) is -1.18. The highest BCUT2D eigenvalue weighted by molar-refractivity contribution is 6.09. The summed E-state index contributed by atoms with van der Waals surface area (Å²) in [6.45, 7) is 10.9. The summed E-state index contributed by atoms with van der Waals surface area (Å²) in [5, 5.41) is 12.0. The Bertz CT molecular complexity index is 1170. The van der Waals surface area contributed by atoms with Crippen LogP contribution in [0.2, 0.25) is 0 Å². The number of ether oxygens (including phenoxy) is 1. The van der Waals surface area contributed by atoms with Gasteiger partial charge in [-0.1, -0.05) is 73.6 Å². The highest BCUT2D eigenvalue weighted by Crippen LogP contribution is 2.40. The van der Waals surface area contributed by atoms with Crippen LogP contribution in [0, 0.1) is 5.92 Å². The number of carbonyl (C=O) groups is 3. The third kappa shape index (κ3) is 5.76. The second kappa shape index (κ2) is 10.6. The highest BCUT2D eigenvalue weighted by atomic mass is 16.6. The molecule has 0 saturated carbocycles. The van der Waals surface area contributed by atoms with Crippen molar-refractivity contribution in [1.29, 1.82) is 0 Å². The van der Waals surface area contributed by atoms with Gasteiger partial charge in [-0.2, -0.15) is 0 Å². The Morgan fingerprint density at radius 2 is 1.68 bits per heavy atom. The Morgan fingerprint density at radius 3 is 2.19 bits per heavy atom. The normalized spacial score (nSPS) is 19.5. The fraction of sp³-hybridized carbons (Fsp3) is 0.429. The fourth-order valence-corrected chi connectivity index (χ4v) is 4.45. The molecule has 1 saturated heterocycles. The topological polar surface area (TPSA) is 126 Å². The van der Waals surface area contributed by atoms with Gasteiger partial charge in [-0.15, -0.1) is 0 Å². The van der Waals surface area contributed by atoms with Crippen molar-refractivity contribution in [3.63, 3.8) is 0 Å². The number of amidine groups is 1. The molecule has 2 aromatic carbocycles. The molecule has 0 radical (unpaired) electrons. The summed E-state index contributed by atoms with van der Waals surface area (Å²) in [6, 6.07) is 14.3. The molecule has 3 amide bonds. The van der Waals surface area contributed by atoms with Crippen molar-refractivity contribution in [2.75, 3.05) is 0 Å². The first-order valence-corrected chi connectivity index (χ1v) is 12.3. The Balaban J connectivity index is 2.12. The molecule has 0 bridgehead atoms. The van der Waals surface area contributed by atoms with E-state index in [-0.39, 0.29) is 24.7 Å². The molecule has 0 spiro atoms. The van der Waals surface area contributed by atoms with Gasteiger partial charge in [0.25, 0.3) is 5.91 Å². The van der Waals surface area contributed by atoms with Gasteiger partial charge in [0.05, 0.1) is 0 Å². The number of esters is 1. The van der Waals surface area contributed by atoms with E-state index in [1.807, 2.05) is 44.2 Å². The molecular weight excluding hydrogens is 472 g/mol.